The first-order valence-electron chi connectivity index (χ1n) is 6.61. The number of pyridine rings is 1. The number of hydrogen-bond donors (Lipinski definition) is 0. The summed E-state index contributed by atoms with van der Waals surface area (Å²) < 4.78 is 3.01. The summed E-state index contributed by atoms with van der Waals surface area (Å²) in [5.41, 5.74) is 2.80. The summed E-state index contributed by atoms with van der Waals surface area (Å²) >= 11 is 11.4. The molecule has 0 saturated heterocycles. The number of halogens is 2. The zero-order chi connectivity index (χ0) is 15.0. The van der Waals surface area contributed by atoms with Crippen LogP contribution in [0.15, 0.2) is 22.1 Å². The highest BCUT2D eigenvalue weighted by molar-refractivity contribution is 9.10. The van der Waals surface area contributed by atoms with E-state index in [9.17, 15) is 0 Å². The van der Waals surface area contributed by atoms with Crippen molar-refractivity contribution in [2.45, 2.75) is 32.2 Å². The third-order valence-electron chi connectivity index (χ3n) is 3.15. The third kappa shape index (κ3) is 3.12. The SMILES string of the molecule is Cc1csc(CCn2c(C(C)Cl)nc3cc(Br)cnc32)n1. The maximum Gasteiger partial charge on any atom is 0.160 e. The molecule has 0 amide bonds. The molecule has 0 aliphatic rings. The lowest BCUT2D eigenvalue weighted by molar-refractivity contribution is 0.661. The van der Waals surface area contributed by atoms with Gasteiger partial charge in [-0.2, -0.15) is 0 Å². The minimum Gasteiger partial charge on any atom is -0.311 e. The highest BCUT2D eigenvalue weighted by Gasteiger charge is 2.16. The Morgan fingerprint density at radius 2 is 2.24 bits per heavy atom. The van der Waals surface area contributed by atoms with Crippen LogP contribution in [-0.4, -0.2) is 19.5 Å². The highest BCUT2D eigenvalue weighted by Crippen LogP contribution is 2.25. The standard InChI is InChI=1S/C14H14BrClN4S/c1-8-7-21-12(18-8)3-4-20-13(9(2)16)19-11-5-10(15)6-17-14(11)20/h5-7,9H,3-4H2,1-2H3. The molecule has 0 bridgehead atoms. The molecule has 0 spiro atoms. The van der Waals surface area contributed by atoms with Crippen LogP contribution < -0.4 is 0 Å². The van der Waals surface area contributed by atoms with Gasteiger partial charge in [-0.1, -0.05) is 0 Å². The van der Waals surface area contributed by atoms with Gasteiger partial charge in [0.1, 0.15) is 11.3 Å². The summed E-state index contributed by atoms with van der Waals surface area (Å²) in [6.07, 6.45) is 2.65. The van der Waals surface area contributed by atoms with E-state index in [-0.39, 0.29) is 5.38 Å². The quantitative estimate of drug-likeness (QED) is 0.621. The third-order valence-corrected chi connectivity index (χ3v) is 4.81. The first kappa shape index (κ1) is 14.9. The summed E-state index contributed by atoms with van der Waals surface area (Å²) in [5, 5.41) is 3.04. The van der Waals surface area contributed by atoms with E-state index in [1.165, 1.54) is 0 Å². The van der Waals surface area contributed by atoms with E-state index in [0.29, 0.717) is 0 Å². The van der Waals surface area contributed by atoms with E-state index < -0.39 is 0 Å². The molecule has 110 valence electrons. The molecule has 4 nitrogen and oxygen atoms in total. The van der Waals surface area contributed by atoms with Gasteiger partial charge in [0.2, 0.25) is 0 Å². The van der Waals surface area contributed by atoms with E-state index in [1.807, 2.05) is 19.9 Å². The average molecular weight is 386 g/mol. The topological polar surface area (TPSA) is 43.6 Å². The van der Waals surface area contributed by atoms with Crippen molar-refractivity contribution in [2.75, 3.05) is 0 Å². The van der Waals surface area contributed by atoms with Gasteiger partial charge in [-0.3, -0.25) is 0 Å². The van der Waals surface area contributed by atoms with E-state index in [4.69, 9.17) is 11.6 Å². The molecule has 0 aliphatic heterocycles. The minimum atomic E-state index is -0.156. The van der Waals surface area contributed by atoms with E-state index in [1.54, 1.807) is 17.5 Å². The molecular weight excluding hydrogens is 372 g/mol. The lowest BCUT2D eigenvalue weighted by atomic mass is 10.4. The Morgan fingerprint density at radius 1 is 1.43 bits per heavy atom. The Bertz CT molecular complexity index is 780. The van der Waals surface area contributed by atoms with Crippen LogP contribution >= 0.6 is 38.9 Å². The first-order chi connectivity index (χ1) is 10.0. The molecule has 1 unspecified atom stereocenters. The van der Waals surface area contributed by atoms with Crippen molar-refractivity contribution in [3.63, 3.8) is 0 Å². The largest absolute Gasteiger partial charge is 0.311 e. The zero-order valence-electron chi connectivity index (χ0n) is 11.7. The molecular formula is C14H14BrClN4S. The van der Waals surface area contributed by atoms with E-state index in [0.717, 1.165) is 45.1 Å². The molecule has 3 heterocycles. The van der Waals surface area contributed by atoms with Crippen LogP contribution in [0.5, 0.6) is 0 Å². The molecule has 3 aromatic rings. The number of rotatable bonds is 4. The van der Waals surface area contributed by atoms with Crippen molar-refractivity contribution in [3.8, 4) is 0 Å². The van der Waals surface area contributed by atoms with Gasteiger partial charge in [0.25, 0.3) is 0 Å². The molecule has 0 saturated carbocycles. The molecule has 0 aromatic carbocycles. The summed E-state index contributed by atoms with van der Waals surface area (Å²) in [5.74, 6) is 0.852. The van der Waals surface area contributed by atoms with Gasteiger partial charge in [-0.05, 0) is 35.8 Å². The molecule has 3 aromatic heterocycles. The molecule has 0 fully saturated rings. The van der Waals surface area contributed by atoms with Gasteiger partial charge >= 0.3 is 0 Å². The molecule has 0 aliphatic carbocycles. The number of alkyl halides is 1. The van der Waals surface area contributed by atoms with Crippen LogP contribution in [0.1, 0.15) is 28.8 Å². The zero-order valence-corrected chi connectivity index (χ0v) is 14.8. The van der Waals surface area contributed by atoms with E-state index >= 15 is 0 Å². The number of nitrogens with zero attached hydrogens (tertiary/aromatic N) is 4. The van der Waals surface area contributed by atoms with Crippen molar-refractivity contribution in [3.05, 3.63) is 38.6 Å². The van der Waals surface area contributed by atoms with Crippen molar-refractivity contribution in [1.82, 2.24) is 19.5 Å². The lowest BCUT2D eigenvalue weighted by Crippen LogP contribution is -2.07. The highest BCUT2D eigenvalue weighted by atomic mass is 79.9. The Labute approximate surface area is 140 Å². The fourth-order valence-corrected chi connectivity index (χ4v) is 3.50. The fraction of sp³-hybridized carbons (Fsp3) is 0.357. The Balaban J connectivity index is 1.97. The molecule has 1 atom stereocenters. The van der Waals surface area contributed by atoms with Gasteiger partial charge in [0, 0.05) is 34.7 Å². The summed E-state index contributed by atoms with van der Waals surface area (Å²) in [4.78, 5) is 13.6. The van der Waals surface area contributed by atoms with Crippen molar-refractivity contribution in [2.24, 2.45) is 0 Å². The van der Waals surface area contributed by atoms with Crippen molar-refractivity contribution in [1.29, 1.82) is 0 Å². The second-order valence-electron chi connectivity index (χ2n) is 4.87. The number of thiazole rings is 1. The summed E-state index contributed by atoms with van der Waals surface area (Å²) in [6, 6.07) is 1.97. The molecule has 0 radical (unpaired) electrons. The van der Waals surface area contributed by atoms with Crippen LogP contribution in [-0.2, 0) is 13.0 Å². The van der Waals surface area contributed by atoms with Gasteiger partial charge < -0.3 is 4.57 Å². The Kier molecular flexibility index (Phi) is 4.28. The number of fused-ring (bicyclic) bond motifs is 1. The average Bonchev–Trinajstić information content (AvgIpc) is 2.99. The Hall–Kier alpha value is -0.980. The normalized spacial score (nSPS) is 13.0. The van der Waals surface area contributed by atoms with Crippen molar-refractivity contribution >= 4 is 50.0 Å². The number of aromatic nitrogens is 4. The van der Waals surface area contributed by atoms with Crippen LogP contribution in [0.2, 0.25) is 0 Å². The second kappa shape index (κ2) is 6.02. The van der Waals surface area contributed by atoms with Crippen LogP contribution in [0.25, 0.3) is 11.2 Å². The summed E-state index contributed by atoms with van der Waals surface area (Å²) in [6.45, 7) is 4.73. The van der Waals surface area contributed by atoms with Crippen LogP contribution in [0.4, 0.5) is 0 Å². The van der Waals surface area contributed by atoms with Crippen molar-refractivity contribution < 1.29 is 0 Å². The molecule has 7 heteroatoms. The predicted octanol–water partition coefficient (Wildman–Crippen LogP) is 4.50. The number of imidazole rings is 1. The van der Waals surface area contributed by atoms with Gasteiger partial charge in [-0.15, -0.1) is 22.9 Å². The van der Waals surface area contributed by atoms with Gasteiger partial charge in [0.15, 0.2) is 5.65 Å². The van der Waals surface area contributed by atoms with Crippen LogP contribution in [0.3, 0.4) is 0 Å². The smallest absolute Gasteiger partial charge is 0.160 e. The van der Waals surface area contributed by atoms with Crippen LogP contribution in [0, 0.1) is 6.92 Å². The monoisotopic (exact) mass is 384 g/mol. The number of hydrogen-bond acceptors (Lipinski definition) is 4. The first-order valence-corrected chi connectivity index (χ1v) is 8.72. The molecule has 0 N–H and O–H groups in total. The van der Waals surface area contributed by atoms with Gasteiger partial charge in [0.05, 0.1) is 10.4 Å². The lowest BCUT2D eigenvalue weighted by Gasteiger charge is -2.08. The second-order valence-corrected chi connectivity index (χ2v) is 7.38. The predicted molar refractivity (Wildman–Crippen MR) is 90.1 cm³/mol. The summed E-state index contributed by atoms with van der Waals surface area (Å²) in [7, 11) is 0. The minimum absolute atomic E-state index is 0.156. The molecule has 3 rings (SSSR count). The molecule has 21 heavy (non-hydrogen) atoms. The maximum absolute atomic E-state index is 6.27. The maximum atomic E-state index is 6.27. The fourth-order valence-electron chi connectivity index (χ4n) is 2.25. The van der Waals surface area contributed by atoms with Gasteiger partial charge in [-0.25, -0.2) is 15.0 Å². The van der Waals surface area contributed by atoms with E-state index in [2.05, 4.69) is 40.8 Å². The number of aryl methyl sites for hydroxylation is 3. The Morgan fingerprint density at radius 3 is 2.90 bits per heavy atom.